The second kappa shape index (κ2) is 8.87. The quantitative estimate of drug-likeness (QED) is 0.706. The topological polar surface area (TPSA) is 24.5 Å². The lowest BCUT2D eigenvalue weighted by Crippen LogP contribution is -2.26. The molecule has 0 saturated heterocycles. The molecular weight excluding hydrogens is 262 g/mol. The summed E-state index contributed by atoms with van der Waals surface area (Å²) >= 11 is 0. The van der Waals surface area contributed by atoms with Crippen LogP contribution in [0.5, 0.6) is 0 Å². The molecule has 0 aromatic heterocycles. The van der Waals surface area contributed by atoms with Gasteiger partial charge in [0.15, 0.2) is 0 Å². The molecule has 0 heterocycles. The molecule has 0 atom stereocenters. The maximum Gasteiger partial charge on any atom is 0.149 e. The summed E-state index contributed by atoms with van der Waals surface area (Å²) in [6, 6.07) is 2.80. The molecule has 1 aromatic rings. The van der Waals surface area contributed by atoms with Crippen LogP contribution in [0.3, 0.4) is 0 Å². The van der Waals surface area contributed by atoms with Gasteiger partial charge in [-0.3, -0.25) is 0 Å². The number of halogens is 2. The van der Waals surface area contributed by atoms with Crippen LogP contribution in [0.25, 0.3) is 0 Å². The number of rotatable bonds is 9. The Morgan fingerprint density at radius 3 is 2.35 bits per heavy atom. The Kier molecular flexibility index (Phi) is 7.47. The number of methoxy groups -OCH3 is 1. The lowest BCUT2D eigenvalue weighted by atomic mass is 10.1. The van der Waals surface area contributed by atoms with E-state index >= 15 is 0 Å². The Balaban J connectivity index is 2.80. The van der Waals surface area contributed by atoms with Crippen molar-refractivity contribution in [2.75, 3.05) is 38.3 Å². The largest absolute Gasteiger partial charge is 0.383 e. The van der Waals surface area contributed by atoms with Crippen LogP contribution in [-0.4, -0.2) is 33.4 Å². The normalized spacial score (nSPS) is 10.8. The summed E-state index contributed by atoms with van der Waals surface area (Å²) in [5.41, 5.74) is 0.683. The summed E-state index contributed by atoms with van der Waals surface area (Å²) < 4.78 is 33.1. The first-order valence-corrected chi connectivity index (χ1v) is 7.06. The van der Waals surface area contributed by atoms with Gasteiger partial charge in [0.1, 0.15) is 17.3 Å². The predicted octanol–water partition coefficient (Wildman–Crippen LogP) is 2.94. The first kappa shape index (κ1) is 16.9. The van der Waals surface area contributed by atoms with Gasteiger partial charge in [0.05, 0.1) is 6.61 Å². The average Bonchev–Trinajstić information content (AvgIpc) is 2.42. The first-order chi connectivity index (χ1) is 9.63. The fraction of sp³-hybridized carbons (Fsp3) is 0.600. The van der Waals surface area contributed by atoms with Crippen molar-refractivity contribution in [1.29, 1.82) is 0 Å². The summed E-state index contributed by atoms with van der Waals surface area (Å²) in [6.45, 7) is 6.78. The highest BCUT2D eigenvalue weighted by Gasteiger charge is 2.16. The van der Waals surface area contributed by atoms with Crippen LogP contribution in [0.15, 0.2) is 12.1 Å². The second-order valence-corrected chi connectivity index (χ2v) is 4.66. The monoisotopic (exact) mass is 286 g/mol. The fourth-order valence-corrected chi connectivity index (χ4v) is 2.13. The number of anilines is 1. The third kappa shape index (κ3) is 4.72. The van der Waals surface area contributed by atoms with Crippen LogP contribution < -0.4 is 10.2 Å². The van der Waals surface area contributed by atoms with Gasteiger partial charge in [-0.1, -0.05) is 6.92 Å². The molecule has 0 fully saturated rings. The molecule has 1 rings (SSSR count). The van der Waals surface area contributed by atoms with E-state index in [1.807, 2.05) is 13.8 Å². The van der Waals surface area contributed by atoms with Gasteiger partial charge < -0.3 is 15.0 Å². The van der Waals surface area contributed by atoms with Crippen LogP contribution >= 0.6 is 0 Å². The van der Waals surface area contributed by atoms with Crippen LogP contribution in [-0.2, 0) is 11.3 Å². The molecule has 114 valence electrons. The zero-order chi connectivity index (χ0) is 15.0. The Bertz CT molecular complexity index is 390. The molecule has 1 aromatic carbocycles. The van der Waals surface area contributed by atoms with E-state index in [1.54, 1.807) is 12.0 Å². The Morgan fingerprint density at radius 1 is 1.20 bits per heavy atom. The van der Waals surface area contributed by atoms with Gasteiger partial charge in [0.25, 0.3) is 0 Å². The zero-order valence-corrected chi connectivity index (χ0v) is 12.5. The summed E-state index contributed by atoms with van der Waals surface area (Å²) in [5.74, 6) is -0.993. The summed E-state index contributed by atoms with van der Waals surface area (Å²) in [6.07, 6.45) is 0.854. The molecule has 5 heteroatoms. The van der Waals surface area contributed by atoms with Crippen molar-refractivity contribution >= 4 is 5.69 Å². The summed E-state index contributed by atoms with van der Waals surface area (Å²) in [5, 5.41) is 3.07. The van der Waals surface area contributed by atoms with Crippen molar-refractivity contribution in [3.63, 3.8) is 0 Å². The fourth-order valence-electron chi connectivity index (χ4n) is 2.13. The van der Waals surface area contributed by atoms with E-state index < -0.39 is 11.6 Å². The molecule has 0 saturated carbocycles. The summed E-state index contributed by atoms with van der Waals surface area (Å²) in [4.78, 5) is 1.73. The van der Waals surface area contributed by atoms with Crippen molar-refractivity contribution in [3.8, 4) is 0 Å². The molecule has 0 unspecified atom stereocenters. The lowest BCUT2D eigenvalue weighted by Gasteiger charge is -2.24. The number of nitrogens with zero attached hydrogens (tertiary/aromatic N) is 1. The first-order valence-electron chi connectivity index (χ1n) is 7.06. The van der Waals surface area contributed by atoms with Crippen molar-refractivity contribution < 1.29 is 13.5 Å². The summed E-state index contributed by atoms with van der Waals surface area (Å²) in [7, 11) is 1.61. The molecular formula is C15H24F2N2O. The molecule has 0 aliphatic rings. The molecule has 0 bridgehead atoms. The number of benzene rings is 1. The van der Waals surface area contributed by atoms with Gasteiger partial charge in [-0.05, 0) is 31.0 Å². The van der Waals surface area contributed by atoms with Gasteiger partial charge in [-0.2, -0.15) is 0 Å². The Hall–Kier alpha value is -1.20. The van der Waals surface area contributed by atoms with E-state index in [4.69, 9.17) is 4.74 Å². The van der Waals surface area contributed by atoms with Gasteiger partial charge in [-0.25, -0.2) is 8.78 Å². The number of ether oxygens (including phenoxy) is 1. The maximum atomic E-state index is 14.1. The lowest BCUT2D eigenvalue weighted by molar-refractivity contribution is 0.199. The molecule has 3 nitrogen and oxygen atoms in total. The van der Waals surface area contributed by atoms with Gasteiger partial charge in [0.2, 0.25) is 0 Å². The highest BCUT2D eigenvalue weighted by molar-refractivity contribution is 5.50. The molecule has 0 aliphatic heterocycles. The SMILES string of the molecule is CCCN(CC)c1c(F)cc(CNCCOC)cc1F. The van der Waals surface area contributed by atoms with E-state index in [0.29, 0.717) is 38.3 Å². The van der Waals surface area contributed by atoms with Crippen molar-refractivity contribution in [2.24, 2.45) is 0 Å². The minimum Gasteiger partial charge on any atom is -0.383 e. The van der Waals surface area contributed by atoms with Crippen LogP contribution in [0.1, 0.15) is 25.8 Å². The van der Waals surface area contributed by atoms with E-state index in [2.05, 4.69) is 5.32 Å². The van der Waals surface area contributed by atoms with E-state index in [0.717, 1.165) is 6.42 Å². The Morgan fingerprint density at radius 2 is 1.85 bits per heavy atom. The van der Waals surface area contributed by atoms with Crippen LogP contribution in [0, 0.1) is 11.6 Å². The van der Waals surface area contributed by atoms with E-state index in [9.17, 15) is 8.78 Å². The smallest absolute Gasteiger partial charge is 0.149 e. The third-order valence-electron chi connectivity index (χ3n) is 3.08. The van der Waals surface area contributed by atoms with Crippen molar-refractivity contribution in [2.45, 2.75) is 26.8 Å². The predicted molar refractivity (Wildman–Crippen MR) is 78.1 cm³/mol. The average molecular weight is 286 g/mol. The molecule has 0 amide bonds. The van der Waals surface area contributed by atoms with E-state index in [1.165, 1.54) is 12.1 Å². The number of hydrogen-bond donors (Lipinski definition) is 1. The molecule has 20 heavy (non-hydrogen) atoms. The van der Waals surface area contributed by atoms with Gasteiger partial charge in [-0.15, -0.1) is 0 Å². The number of hydrogen-bond acceptors (Lipinski definition) is 3. The highest BCUT2D eigenvalue weighted by atomic mass is 19.1. The standard InChI is InChI=1S/C15H24F2N2O/c1-4-7-19(5-2)15-13(16)9-12(10-14(15)17)11-18-6-8-20-3/h9-10,18H,4-8,11H2,1-3H3. The maximum absolute atomic E-state index is 14.1. The number of nitrogens with one attached hydrogen (secondary N) is 1. The molecule has 0 radical (unpaired) electrons. The van der Waals surface area contributed by atoms with Crippen molar-refractivity contribution in [1.82, 2.24) is 5.32 Å². The highest BCUT2D eigenvalue weighted by Crippen LogP contribution is 2.25. The van der Waals surface area contributed by atoms with Gasteiger partial charge >= 0.3 is 0 Å². The third-order valence-corrected chi connectivity index (χ3v) is 3.08. The van der Waals surface area contributed by atoms with Gasteiger partial charge in [0, 0.05) is 33.3 Å². The second-order valence-electron chi connectivity index (χ2n) is 4.66. The minimum absolute atomic E-state index is 0.0787. The van der Waals surface area contributed by atoms with Crippen molar-refractivity contribution in [3.05, 3.63) is 29.3 Å². The van der Waals surface area contributed by atoms with E-state index in [-0.39, 0.29) is 5.69 Å². The van der Waals surface area contributed by atoms with Crippen LogP contribution in [0.2, 0.25) is 0 Å². The minimum atomic E-state index is -0.496. The molecule has 0 spiro atoms. The van der Waals surface area contributed by atoms with Crippen LogP contribution in [0.4, 0.5) is 14.5 Å². The zero-order valence-electron chi connectivity index (χ0n) is 12.5. The Labute approximate surface area is 119 Å². The molecule has 1 N–H and O–H groups in total. The molecule has 0 aliphatic carbocycles.